The van der Waals surface area contributed by atoms with E-state index in [1.165, 1.54) is 5.56 Å². The van der Waals surface area contributed by atoms with Crippen molar-refractivity contribution in [3.8, 4) is 0 Å². The first kappa shape index (κ1) is 16.5. The number of carbonyl (C=O) groups is 1. The number of benzene rings is 2. The lowest BCUT2D eigenvalue weighted by atomic mass is 10.0. The lowest BCUT2D eigenvalue weighted by molar-refractivity contribution is 0.0951. The van der Waals surface area contributed by atoms with E-state index in [0.29, 0.717) is 18.0 Å². The summed E-state index contributed by atoms with van der Waals surface area (Å²) in [4.78, 5) is 14.6. The van der Waals surface area contributed by atoms with Crippen LogP contribution >= 0.6 is 0 Å². The number of amides is 1. The second-order valence-corrected chi connectivity index (χ2v) is 6.17. The zero-order chi connectivity index (χ0) is 16.8. The molecule has 3 rings (SSSR count). The topological polar surface area (TPSA) is 41.6 Å². The predicted octanol–water partition coefficient (Wildman–Crippen LogP) is 3.06. The molecule has 4 nitrogen and oxygen atoms in total. The van der Waals surface area contributed by atoms with Crippen molar-refractivity contribution in [1.29, 1.82) is 0 Å². The van der Waals surface area contributed by atoms with Crippen molar-refractivity contribution in [3.05, 3.63) is 65.7 Å². The van der Waals surface area contributed by atoms with Gasteiger partial charge in [0.15, 0.2) is 0 Å². The summed E-state index contributed by atoms with van der Waals surface area (Å²) in [5.41, 5.74) is 3.08. The van der Waals surface area contributed by atoms with E-state index in [-0.39, 0.29) is 5.91 Å². The number of ether oxygens (including phenoxy) is 1. The molecule has 126 valence electrons. The van der Waals surface area contributed by atoms with Gasteiger partial charge in [0.25, 0.3) is 5.91 Å². The summed E-state index contributed by atoms with van der Waals surface area (Å²) in [7, 11) is 0. The fraction of sp³-hybridized carbons (Fsp3) is 0.350. The highest BCUT2D eigenvalue weighted by molar-refractivity contribution is 5.94. The van der Waals surface area contributed by atoms with Crippen molar-refractivity contribution < 1.29 is 9.53 Å². The Hall–Kier alpha value is -2.33. The molecule has 1 fully saturated rings. The molecule has 0 radical (unpaired) electrons. The number of nitrogens with one attached hydrogen (secondary N) is 1. The second-order valence-electron chi connectivity index (χ2n) is 6.17. The lowest BCUT2D eigenvalue weighted by Crippen LogP contribution is -2.36. The molecule has 1 heterocycles. The van der Waals surface area contributed by atoms with Gasteiger partial charge in [0.1, 0.15) is 0 Å². The quantitative estimate of drug-likeness (QED) is 0.919. The minimum atomic E-state index is -0.0219. The molecule has 4 heteroatoms. The molecule has 24 heavy (non-hydrogen) atoms. The Balaban J connectivity index is 1.55. The Labute approximate surface area is 143 Å². The molecular formula is C20H24N2O2. The highest BCUT2D eigenvalue weighted by atomic mass is 16.5. The number of morpholine rings is 1. The van der Waals surface area contributed by atoms with Crippen molar-refractivity contribution in [3.63, 3.8) is 0 Å². The third-order valence-electron chi connectivity index (χ3n) is 4.44. The van der Waals surface area contributed by atoms with E-state index >= 15 is 0 Å². The van der Waals surface area contributed by atoms with E-state index in [4.69, 9.17) is 4.74 Å². The van der Waals surface area contributed by atoms with Gasteiger partial charge in [0.05, 0.1) is 13.2 Å². The number of hydrogen-bond donors (Lipinski definition) is 1. The fourth-order valence-electron chi connectivity index (χ4n) is 2.89. The highest BCUT2D eigenvalue weighted by Crippen LogP contribution is 2.17. The second kappa shape index (κ2) is 7.97. The number of hydrogen-bond acceptors (Lipinski definition) is 3. The molecule has 0 aliphatic carbocycles. The fourth-order valence-corrected chi connectivity index (χ4v) is 2.89. The average molecular weight is 324 g/mol. The SMILES string of the molecule is C[C@@H](CNC(=O)c1ccc(N2CCOCC2)cc1)c1ccccc1. The number of nitrogens with zero attached hydrogens (tertiary/aromatic N) is 1. The van der Waals surface area contributed by atoms with Crippen LogP contribution in [0, 0.1) is 0 Å². The molecule has 1 atom stereocenters. The van der Waals surface area contributed by atoms with Crippen LogP contribution < -0.4 is 10.2 Å². The minimum absolute atomic E-state index is 0.0219. The first-order chi connectivity index (χ1) is 11.7. The van der Waals surface area contributed by atoms with Crippen LogP contribution in [0.5, 0.6) is 0 Å². The van der Waals surface area contributed by atoms with Gasteiger partial charge in [-0.25, -0.2) is 0 Å². The molecule has 0 spiro atoms. The summed E-state index contributed by atoms with van der Waals surface area (Å²) in [6.45, 7) is 6.09. The molecule has 2 aromatic carbocycles. The highest BCUT2D eigenvalue weighted by Gasteiger charge is 2.13. The lowest BCUT2D eigenvalue weighted by Gasteiger charge is -2.28. The van der Waals surface area contributed by atoms with Crippen molar-refractivity contribution >= 4 is 11.6 Å². The van der Waals surface area contributed by atoms with Gasteiger partial charge in [0, 0.05) is 30.9 Å². The van der Waals surface area contributed by atoms with Crippen molar-refractivity contribution in [2.45, 2.75) is 12.8 Å². The Morgan fingerprint density at radius 3 is 2.42 bits per heavy atom. The van der Waals surface area contributed by atoms with Crippen LogP contribution in [0.3, 0.4) is 0 Å². The first-order valence-electron chi connectivity index (χ1n) is 8.50. The normalized spacial score (nSPS) is 15.8. The van der Waals surface area contributed by atoms with Crippen LogP contribution in [0.1, 0.15) is 28.8 Å². The molecule has 1 amide bonds. The monoisotopic (exact) mass is 324 g/mol. The molecule has 1 saturated heterocycles. The summed E-state index contributed by atoms with van der Waals surface area (Å²) in [5, 5.41) is 3.02. The number of anilines is 1. The van der Waals surface area contributed by atoms with Gasteiger partial charge in [-0.15, -0.1) is 0 Å². The van der Waals surface area contributed by atoms with Gasteiger partial charge in [0.2, 0.25) is 0 Å². The van der Waals surface area contributed by atoms with Gasteiger partial charge >= 0.3 is 0 Å². The van der Waals surface area contributed by atoms with Crippen LogP contribution in [-0.4, -0.2) is 38.8 Å². The van der Waals surface area contributed by atoms with E-state index in [2.05, 4.69) is 29.3 Å². The Bertz CT molecular complexity index is 649. The van der Waals surface area contributed by atoms with Crippen molar-refractivity contribution in [1.82, 2.24) is 5.32 Å². The van der Waals surface area contributed by atoms with Gasteiger partial charge in [-0.1, -0.05) is 37.3 Å². The summed E-state index contributed by atoms with van der Waals surface area (Å²) in [6.07, 6.45) is 0. The Morgan fingerprint density at radius 2 is 1.75 bits per heavy atom. The van der Waals surface area contributed by atoms with E-state index in [1.807, 2.05) is 42.5 Å². The molecule has 0 saturated carbocycles. The first-order valence-corrected chi connectivity index (χ1v) is 8.50. The molecule has 0 aromatic heterocycles. The molecule has 1 N–H and O–H groups in total. The summed E-state index contributed by atoms with van der Waals surface area (Å²) in [5.74, 6) is 0.272. The Morgan fingerprint density at radius 1 is 1.08 bits per heavy atom. The molecule has 0 unspecified atom stereocenters. The smallest absolute Gasteiger partial charge is 0.251 e. The molecule has 1 aliphatic heterocycles. The maximum atomic E-state index is 12.3. The van der Waals surface area contributed by atoms with Crippen LogP contribution in [-0.2, 0) is 4.74 Å². The Kier molecular flexibility index (Phi) is 5.49. The van der Waals surface area contributed by atoms with Crippen LogP contribution in [0.4, 0.5) is 5.69 Å². The standard InChI is InChI=1S/C20H24N2O2/c1-16(17-5-3-2-4-6-17)15-21-20(23)18-7-9-19(10-8-18)22-11-13-24-14-12-22/h2-10,16H,11-15H2,1H3,(H,21,23)/t16-/m0/s1. The van der Waals surface area contributed by atoms with Crippen molar-refractivity contribution in [2.75, 3.05) is 37.7 Å². The maximum Gasteiger partial charge on any atom is 0.251 e. The van der Waals surface area contributed by atoms with E-state index < -0.39 is 0 Å². The number of rotatable bonds is 5. The molecular weight excluding hydrogens is 300 g/mol. The van der Waals surface area contributed by atoms with E-state index in [9.17, 15) is 4.79 Å². The van der Waals surface area contributed by atoms with Gasteiger partial charge < -0.3 is 15.0 Å². The van der Waals surface area contributed by atoms with E-state index in [0.717, 1.165) is 32.0 Å². The van der Waals surface area contributed by atoms with E-state index in [1.54, 1.807) is 0 Å². The van der Waals surface area contributed by atoms with Gasteiger partial charge in [-0.3, -0.25) is 4.79 Å². The van der Waals surface area contributed by atoms with Gasteiger partial charge in [-0.05, 0) is 35.7 Å². The average Bonchev–Trinajstić information content (AvgIpc) is 2.67. The summed E-state index contributed by atoms with van der Waals surface area (Å²) >= 11 is 0. The van der Waals surface area contributed by atoms with Crippen molar-refractivity contribution in [2.24, 2.45) is 0 Å². The van der Waals surface area contributed by atoms with Crippen LogP contribution in [0.25, 0.3) is 0 Å². The third kappa shape index (κ3) is 4.15. The third-order valence-corrected chi connectivity index (χ3v) is 4.44. The molecule has 2 aromatic rings. The predicted molar refractivity (Wildman–Crippen MR) is 96.7 cm³/mol. The maximum absolute atomic E-state index is 12.3. The van der Waals surface area contributed by atoms with Crippen LogP contribution in [0.2, 0.25) is 0 Å². The van der Waals surface area contributed by atoms with Crippen LogP contribution in [0.15, 0.2) is 54.6 Å². The largest absolute Gasteiger partial charge is 0.378 e. The zero-order valence-corrected chi connectivity index (χ0v) is 14.1. The molecule has 0 bridgehead atoms. The summed E-state index contributed by atoms with van der Waals surface area (Å²) < 4.78 is 5.37. The molecule has 1 aliphatic rings. The van der Waals surface area contributed by atoms with Gasteiger partial charge in [-0.2, -0.15) is 0 Å². The summed E-state index contributed by atoms with van der Waals surface area (Å²) in [6, 6.07) is 18.1. The number of carbonyl (C=O) groups excluding carboxylic acids is 1. The minimum Gasteiger partial charge on any atom is -0.378 e. The zero-order valence-electron chi connectivity index (χ0n) is 14.1.